The number of aryl methyl sites for hydroxylation is 1. The highest BCUT2D eigenvalue weighted by molar-refractivity contribution is 5.84. The highest BCUT2D eigenvalue weighted by Crippen LogP contribution is 2.30. The third kappa shape index (κ3) is 2.47. The molecule has 3 aromatic heterocycles. The molecule has 0 amide bonds. The maximum absolute atomic E-state index is 13.0. The van der Waals surface area contributed by atoms with E-state index in [-0.39, 0.29) is 11.6 Å². The average Bonchev–Trinajstić information content (AvgIpc) is 3.36. The van der Waals surface area contributed by atoms with Gasteiger partial charge in [-0.25, -0.2) is 4.52 Å². The molecule has 0 N–H and O–H groups in total. The van der Waals surface area contributed by atoms with Crippen molar-refractivity contribution in [2.24, 2.45) is 0 Å². The van der Waals surface area contributed by atoms with Crippen molar-refractivity contribution in [3.8, 4) is 11.1 Å². The third-order valence-corrected chi connectivity index (χ3v) is 5.59. The van der Waals surface area contributed by atoms with E-state index in [4.69, 9.17) is 5.10 Å². The second-order valence-electron chi connectivity index (χ2n) is 7.18. The third-order valence-electron chi connectivity index (χ3n) is 5.59. The summed E-state index contributed by atoms with van der Waals surface area (Å²) in [5.41, 5.74) is 4.76. The molecule has 1 aliphatic carbocycles. The van der Waals surface area contributed by atoms with Crippen molar-refractivity contribution in [2.45, 2.75) is 45.1 Å². The van der Waals surface area contributed by atoms with Crippen molar-refractivity contribution in [2.75, 3.05) is 0 Å². The van der Waals surface area contributed by atoms with Crippen LogP contribution in [0, 0.1) is 0 Å². The summed E-state index contributed by atoms with van der Waals surface area (Å²) >= 11 is 0. The van der Waals surface area contributed by atoms with Crippen molar-refractivity contribution in [3.05, 3.63) is 58.6 Å². The number of pyridine rings is 1. The lowest BCUT2D eigenvalue weighted by atomic mass is 10.0. The summed E-state index contributed by atoms with van der Waals surface area (Å²) in [7, 11) is 0. The van der Waals surface area contributed by atoms with Gasteiger partial charge in [-0.15, -0.1) is 10.2 Å². The summed E-state index contributed by atoms with van der Waals surface area (Å²) in [6.07, 6.45) is 7.16. The molecule has 6 nitrogen and oxygen atoms in total. The number of nitrogens with zero attached hydrogens (tertiary/aromatic N) is 5. The van der Waals surface area contributed by atoms with Crippen molar-refractivity contribution in [1.29, 1.82) is 0 Å². The number of fused-ring (bicyclic) bond motifs is 3. The van der Waals surface area contributed by atoms with E-state index in [1.165, 1.54) is 12.8 Å². The molecule has 1 aromatic carbocycles. The Morgan fingerprint density at radius 1 is 1.07 bits per heavy atom. The van der Waals surface area contributed by atoms with Crippen molar-refractivity contribution < 1.29 is 0 Å². The lowest BCUT2D eigenvalue weighted by molar-refractivity contribution is 0.504. The van der Waals surface area contributed by atoms with Gasteiger partial charge >= 0.3 is 0 Å². The van der Waals surface area contributed by atoms with Gasteiger partial charge < -0.3 is 4.57 Å². The molecule has 1 aliphatic rings. The standard InChI is InChI=1S/C21H21N5O/c1-2-16-18(14-8-4-3-5-9-14)20-23-22-19-17(26(20)24-16)12-13-25(21(19)27)15-10-6-7-11-15/h3-5,8-9,12-13,15H,2,6-7,10-11H2,1H3. The first-order valence-corrected chi connectivity index (χ1v) is 9.62. The molecule has 0 spiro atoms. The number of benzene rings is 1. The molecule has 3 heterocycles. The zero-order valence-electron chi connectivity index (χ0n) is 15.3. The molecule has 1 saturated carbocycles. The Balaban J connectivity index is 1.78. The Morgan fingerprint density at radius 2 is 1.85 bits per heavy atom. The summed E-state index contributed by atoms with van der Waals surface area (Å²) in [4.78, 5) is 13.0. The van der Waals surface area contributed by atoms with Crippen LogP contribution in [0.5, 0.6) is 0 Å². The predicted octanol–water partition coefficient (Wildman–Crippen LogP) is 3.78. The van der Waals surface area contributed by atoms with Crippen LogP contribution in [0.15, 0.2) is 47.4 Å². The maximum atomic E-state index is 13.0. The van der Waals surface area contributed by atoms with E-state index in [1.54, 1.807) is 4.52 Å². The Kier molecular flexibility index (Phi) is 3.77. The molecule has 0 radical (unpaired) electrons. The molecule has 0 unspecified atom stereocenters. The summed E-state index contributed by atoms with van der Waals surface area (Å²) in [5, 5.41) is 13.5. The van der Waals surface area contributed by atoms with Gasteiger partial charge in [0, 0.05) is 12.2 Å². The van der Waals surface area contributed by atoms with E-state index in [0.29, 0.717) is 11.2 Å². The van der Waals surface area contributed by atoms with Crippen molar-refractivity contribution in [3.63, 3.8) is 0 Å². The predicted molar refractivity (Wildman–Crippen MR) is 105 cm³/mol. The van der Waals surface area contributed by atoms with Crippen LogP contribution in [0.2, 0.25) is 0 Å². The molecule has 136 valence electrons. The molecule has 1 fully saturated rings. The molecule has 4 aromatic rings. The summed E-state index contributed by atoms with van der Waals surface area (Å²) in [6.45, 7) is 2.08. The molecular weight excluding hydrogens is 338 g/mol. The number of rotatable bonds is 3. The normalized spacial score (nSPS) is 15.1. The minimum atomic E-state index is -0.0661. The first kappa shape index (κ1) is 16.2. The first-order chi connectivity index (χ1) is 13.3. The van der Waals surface area contributed by atoms with Gasteiger partial charge in [0.05, 0.1) is 11.3 Å². The minimum absolute atomic E-state index is 0.0661. The molecule has 0 saturated heterocycles. The fourth-order valence-corrected chi connectivity index (χ4v) is 4.22. The van der Waals surface area contributed by atoms with Crippen LogP contribution in [-0.2, 0) is 6.42 Å². The largest absolute Gasteiger partial charge is 0.310 e. The first-order valence-electron chi connectivity index (χ1n) is 9.62. The zero-order chi connectivity index (χ0) is 18.4. The van der Waals surface area contributed by atoms with Gasteiger partial charge in [-0.05, 0) is 30.9 Å². The van der Waals surface area contributed by atoms with E-state index < -0.39 is 0 Å². The van der Waals surface area contributed by atoms with E-state index in [2.05, 4.69) is 29.3 Å². The minimum Gasteiger partial charge on any atom is -0.310 e. The smallest absolute Gasteiger partial charge is 0.280 e. The van der Waals surface area contributed by atoms with Crippen LogP contribution in [0.1, 0.15) is 44.3 Å². The second-order valence-corrected chi connectivity index (χ2v) is 7.18. The molecule has 5 rings (SSSR count). The molecule has 27 heavy (non-hydrogen) atoms. The van der Waals surface area contributed by atoms with Gasteiger partial charge in [-0.1, -0.05) is 50.1 Å². The van der Waals surface area contributed by atoms with Gasteiger partial charge in [0.1, 0.15) is 5.52 Å². The highest BCUT2D eigenvalue weighted by Gasteiger charge is 2.22. The molecular formula is C21H21N5O. The fraction of sp³-hybridized carbons (Fsp3) is 0.333. The van der Waals surface area contributed by atoms with Gasteiger partial charge in [0.25, 0.3) is 5.56 Å². The Hall–Kier alpha value is -3.02. The summed E-state index contributed by atoms with van der Waals surface area (Å²) in [5.74, 6) is 0. The highest BCUT2D eigenvalue weighted by atomic mass is 16.1. The summed E-state index contributed by atoms with van der Waals surface area (Å²) in [6, 6.07) is 12.4. The molecule has 0 aliphatic heterocycles. The Labute approximate surface area is 156 Å². The lowest BCUT2D eigenvalue weighted by Gasteiger charge is -2.13. The quantitative estimate of drug-likeness (QED) is 0.558. The molecule has 0 bridgehead atoms. The number of hydrogen-bond acceptors (Lipinski definition) is 4. The number of hydrogen-bond donors (Lipinski definition) is 0. The second kappa shape index (κ2) is 6.30. The molecule has 0 atom stereocenters. The number of aromatic nitrogens is 5. The van der Waals surface area contributed by atoms with E-state index >= 15 is 0 Å². The van der Waals surface area contributed by atoms with Gasteiger partial charge in [0.2, 0.25) is 0 Å². The summed E-state index contributed by atoms with van der Waals surface area (Å²) < 4.78 is 3.61. The van der Waals surface area contributed by atoms with Crippen LogP contribution in [0.3, 0.4) is 0 Å². The van der Waals surface area contributed by atoms with Crippen molar-refractivity contribution >= 4 is 16.7 Å². The SMILES string of the molecule is CCc1nn2c(nnc3c(=O)n(C4CCCC4)ccc32)c1-c1ccccc1. The Morgan fingerprint density at radius 3 is 2.59 bits per heavy atom. The van der Waals surface area contributed by atoms with Gasteiger partial charge in [0.15, 0.2) is 11.2 Å². The Bertz CT molecular complexity index is 1190. The average molecular weight is 359 g/mol. The topological polar surface area (TPSA) is 65.1 Å². The monoisotopic (exact) mass is 359 g/mol. The van der Waals surface area contributed by atoms with Gasteiger partial charge in [-0.3, -0.25) is 4.79 Å². The van der Waals surface area contributed by atoms with E-state index in [1.807, 2.05) is 35.0 Å². The lowest BCUT2D eigenvalue weighted by Crippen LogP contribution is -2.24. The van der Waals surface area contributed by atoms with Crippen LogP contribution in [0.25, 0.3) is 27.8 Å². The van der Waals surface area contributed by atoms with Crippen LogP contribution < -0.4 is 5.56 Å². The maximum Gasteiger partial charge on any atom is 0.280 e. The van der Waals surface area contributed by atoms with E-state index in [0.717, 1.165) is 41.6 Å². The zero-order valence-corrected chi connectivity index (χ0v) is 15.3. The fourth-order valence-electron chi connectivity index (χ4n) is 4.22. The van der Waals surface area contributed by atoms with E-state index in [9.17, 15) is 4.79 Å². The van der Waals surface area contributed by atoms with Crippen LogP contribution in [-0.4, -0.2) is 24.4 Å². The van der Waals surface area contributed by atoms with Crippen molar-refractivity contribution in [1.82, 2.24) is 24.4 Å². The van der Waals surface area contributed by atoms with Gasteiger partial charge in [-0.2, -0.15) is 5.10 Å². The van der Waals surface area contributed by atoms with Crippen LogP contribution in [0.4, 0.5) is 0 Å². The molecule has 6 heteroatoms. The van der Waals surface area contributed by atoms with Crippen LogP contribution >= 0.6 is 0 Å².